The molecule has 0 spiro atoms. The molecular weight excluding hydrogens is 1020 g/mol. The third-order valence-electron chi connectivity index (χ3n) is 14.3. The van der Waals surface area contributed by atoms with Crippen molar-refractivity contribution in [3.63, 3.8) is 0 Å². The molecule has 6 heteroatoms. The molecule has 0 aromatic heterocycles. The van der Waals surface area contributed by atoms with Crippen LogP contribution in [0.1, 0.15) is 303 Å². The highest BCUT2D eigenvalue weighted by Gasteiger charge is 2.19. The van der Waals surface area contributed by atoms with E-state index >= 15 is 0 Å². The Morgan fingerprint density at radius 1 is 0.265 bits per heavy atom. The van der Waals surface area contributed by atoms with Crippen LogP contribution in [0, 0.1) is 0 Å². The van der Waals surface area contributed by atoms with Gasteiger partial charge < -0.3 is 14.2 Å². The second kappa shape index (κ2) is 69.8. The Labute approximate surface area is 512 Å². The maximum atomic E-state index is 12.9. The van der Waals surface area contributed by atoms with Gasteiger partial charge in [0.15, 0.2) is 6.10 Å². The second-order valence-corrected chi connectivity index (χ2v) is 22.3. The average molecular weight is 1150 g/mol. The van der Waals surface area contributed by atoms with E-state index in [9.17, 15) is 14.4 Å². The molecule has 0 saturated carbocycles. The number of esters is 3. The molecule has 0 heterocycles. The zero-order valence-electron chi connectivity index (χ0n) is 53.9. The van der Waals surface area contributed by atoms with E-state index in [-0.39, 0.29) is 38.0 Å². The summed E-state index contributed by atoms with van der Waals surface area (Å²) in [7, 11) is 0. The van der Waals surface area contributed by atoms with Gasteiger partial charge in [-0.3, -0.25) is 14.4 Å². The first-order valence-electron chi connectivity index (χ1n) is 34.3. The first kappa shape index (κ1) is 78.3. The largest absolute Gasteiger partial charge is 0.462 e. The van der Waals surface area contributed by atoms with E-state index in [2.05, 4.69) is 154 Å². The van der Waals surface area contributed by atoms with Gasteiger partial charge in [-0.05, 0) is 122 Å². The van der Waals surface area contributed by atoms with Crippen LogP contribution in [0.2, 0.25) is 0 Å². The summed E-state index contributed by atoms with van der Waals surface area (Å²) in [6.45, 7) is 6.30. The normalized spacial score (nSPS) is 13.0. The summed E-state index contributed by atoms with van der Waals surface area (Å²) in [5.74, 6) is -1.08. The van der Waals surface area contributed by atoms with Gasteiger partial charge >= 0.3 is 17.9 Å². The average Bonchev–Trinajstić information content (AvgIpc) is 3.49. The van der Waals surface area contributed by atoms with E-state index in [0.29, 0.717) is 6.42 Å². The fraction of sp³-hybridized carbons (Fsp3) is 0.649. The molecule has 0 radical (unpaired) electrons. The van der Waals surface area contributed by atoms with E-state index in [1.807, 2.05) is 6.08 Å². The molecule has 0 aliphatic heterocycles. The van der Waals surface area contributed by atoms with E-state index in [0.717, 1.165) is 122 Å². The van der Waals surface area contributed by atoms with Crippen LogP contribution < -0.4 is 0 Å². The maximum Gasteiger partial charge on any atom is 0.309 e. The van der Waals surface area contributed by atoms with Crippen molar-refractivity contribution in [1.82, 2.24) is 0 Å². The Bertz CT molecular complexity index is 1800. The Kier molecular flexibility index (Phi) is 65.8. The molecule has 0 aliphatic rings. The lowest BCUT2D eigenvalue weighted by atomic mass is 10.0. The summed E-state index contributed by atoms with van der Waals surface area (Å²) < 4.78 is 16.8. The fourth-order valence-electron chi connectivity index (χ4n) is 9.28. The molecule has 0 aromatic rings. The van der Waals surface area contributed by atoms with Gasteiger partial charge in [0.2, 0.25) is 0 Å². The molecular formula is C77H126O6. The van der Waals surface area contributed by atoms with E-state index in [1.54, 1.807) is 6.08 Å². The van der Waals surface area contributed by atoms with Crippen LogP contribution in [-0.2, 0) is 28.6 Å². The first-order valence-corrected chi connectivity index (χ1v) is 34.3. The molecule has 0 N–H and O–H groups in total. The van der Waals surface area contributed by atoms with Gasteiger partial charge in [-0.1, -0.05) is 308 Å². The third-order valence-corrected chi connectivity index (χ3v) is 14.3. The Hall–Kier alpha value is -4.71. The van der Waals surface area contributed by atoms with Gasteiger partial charge in [0, 0.05) is 12.8 Å². The SMILES string of the molecule is CC/C=C\C/C=C\C/C=C\C/C=C\C/C=C\CC(=O)OCC(COC(=O)CCCCCCCCCCCCCCCCCCCC/C=C\C/C=C\C/C=C\CCCCCCC)OC(=O)CCCCCC/C=C\C/C=C\C/C=C\C/C=C\CC. The van der Waals surface area contributed by atoms with Crippen LogP contribution in [-0.4, -0.2) is 37.2 Å². The number of rotatable bonds is 61. The molecule has 1 unspecified atom stereocenters. The first-order chi connectivity index (χ1) is 41.0. The Morgan fingerprint density at radius 3 is 0.843 bits per heavy atom. The van der Waals surface area contributed by atoms with Crippen LogP contribution in [0.3, 0.4) is 0 Å². The smallest absolute Gasteiger partial charge is 0.309 e. The van der Waals surface area contributed by atoms with Crippen molar-refractivity contribution in [3.05, 3.63) is 146 Å². The van der Waals surface area contributed by atoms with E-state index in [1.165, 1.54) is 141 Å². The van der Waals surface area contributed by atoms with Gasteiger partial charge in [-0.25, -0.2) is 0 Å². The van der Waals surface area contributed by atoms with Gasteiger partial charge in [0.25, 0.3) is 0 Å². The minimum Gasteiger partial charge on any atom is -0.462 e. The highest BCUT2D eigenvalue weighted by molar-refractivity contribution is 5.72. The number of carbonyl (C=O) groups is 3. The topological polar surface area (TPSA) is 78.9 Å². The van der Waals surface area contributed by atoms with Crippen molar-refractivity contribution in [2.45, 2.75) is 309 Å². The molecule has 1 atom stereocenters. The molecule has 0 aromatic carbocycles. The minimum absolute atomic E-state index is 0.117. The summed E-state index contributed by atoms with van der Waals surface area (Å²) in [6.07, 6.45) is 101. The molecule has 0 fully saturated rings. The number of hydrogen-bond acceptors (Lipinski definition) is 6. The van der Waals surface area contributed by atoms with Gasteiger partial charge in [0.05, 0.1) is 6.42 Å². The highest BCUT2D eigenvalue weighted by Crippen LogP contribution is 2.16. The summed E-state index contributed by atoms with van der Waals surface area (Å²) in [5, 5.41) is 0. The predicted octanol–water partition coefficient (Wildman–Crippen LogP) is 23.9. The van der Waals surface area contributed by atoms with Crippen LogP contribution >= 0.6 is 0 Å². The summed E-state index contributed by atoms with van der Waals surface area (Å²) >= 11 is 0. The molecule has 83 heavy (non-hydrogen) atoms. The third kappa shape index (κ3) is 68.0. The quantitative estimate of drug-likeness (QED) is 0.0261. The number of allylic oxidation sites excluding steroid dienone is 23. The summed E-state index contributed by atoms with van der Waals surface area (Å²) in [6, 6.07) is 0. The molecule has 0 amide bonds. The summed E-state index contributed by atoms with van der Waals surface area (Å²) in [5.41, 5.74) is 0. The monoisotopic (exact) mass is 1150 g/mol. The van der Waals surface area contributed by atoms with E-state index < -0.39 is 12.1 Å². The lowest BCUT2D eigenvalue weighted by Crippen LogP contribution is -2.30. The summed E-state index contributed by atoms with van der Waals surface area (Å²) in [4.78, 5) is 38.3. The number of hydrogen-bond donors (Lipinski definition) is 0. The van der Waals surface area contributed by atoms with Crippen molar-refractivity contribution in [2.24, 2.45) is 0 Å². The second-order valence-electron chi connectivity index (χ2n) is 22.3. The van der Waals surface area contributed by atoms with Crippen molar-refractivity contribution < 1.29 is 28.6 Å². The van der Waals surface area contributed by atoms with Gasteiger partial charge in [-0.2, -0.15) is 0 Å². The van der Waals surface area contributed by atoms with Gasteiger partial charge in [0.1, 0.15) is 13.2 Å². The molecule has 0 rings (SSSR count). The minimum atomic E-state index is -0.837. The molecule has 0 aliphatic carbocycles. The van der Waals surface area contributed by atoms with Crippen LogP contribution in [0.25, 0.3) is 0 Å². The van der Waals surface area contributed by atoms with Crippen molar-refractivity contribution in [1.29, 1.82) is 0 Å². The van der Waals surface area contributed by atoms with Crippen molar-refractivity contribution >= 4 is 17.9 Å². The van der Waals surface area contributed by atoms with Crippen molar-refractivity contribution in [2.75, 3.05) is 13.2 Å². The fourth-order valence-corrected chi connectivity index (χ4v) is 9.28. The lowest BCUT2D eigenvalue weighted by molar-refractivity contribution is -0.166. The van der Waals surface area contributed by atoms with Crippen LogP contribution in [0.5, 0.6) is 0 Å². The van der Waals surface area contributed by atoms with Crippen molar-refractivity contribution in [3.8, 4) is 0 Å². The molecule has 470 valence electrons. The highest BCUT2D eigenvalue weighted by atomic mass is 16.6. The molecule has 0 saturated heterocycles. The number of unbranched alkanes of at least 4 members (excludes halogenated alkanes) is 27. The standard InChI is InChI=1S/C77H126O6/c1-4-7-10-13-16-19-22-25-28-30-31-32-33-34-35-36-37-38-39-40-41-42-43-44-45-47-49-52-55-58-61-64-67-70-76(79)82-73-74(72-81-75(78)69-66-63-60-57-54-51-48-27-24-21-18-15-12-9-6-3)83-77(80)71-68-65-62-59-56-53-50-46-29-26-23-20-17-14-11-8-5-2/h8-9,11-12,17-18,20-22,25-27,29-31,33-34,48,50,53-54,57,63,66,74H,4-7,10,13-16,19,23-24,28,32,35-47,49,51-52,55-56,58-62,64-65,67-73H2,1-3H3/b11-8-,12-9-,20-17-,21-18-,25-22-,29-26-,31-30-,34-33-,48-27-,53-50-,57-54-,66-63-. The van der Waals surface area contributed by atoms with Crippen LogP contribution in [0.4, 0.5) is 0 Å². The molecule has 6 nitrogen and oxygen atoms in total. The maximum absolute atomic E-state index is 12.9. The lowest BCUT2D eigenvalue weighted by Gasteiger charge is -2.18. The number of carbonyl (C=O) groups excluding carboxylic acids is 3. The Morgan fingerprint density at radius 2 is 0.518 bits per heavy atom. The predicted molar refractivity (Wildman–Crippen MR) is 362 cm³/mol. The number of ether oxygens (including phenoxy) is 3. The van der Waals surface area contributed by atoms with Crippen LogP contribution in [0.15, 0.2) is 146 Å². The molecule has 0 bridgehead atoms. The Balaban J connectivity index is 4.29. The zero-order chi connectivity index (χ0) is 59.9. The zero-order valence-corrected chi connectivity index (χ0v) is 53.9. The van der Waals surface area contributed by atoms with Gasteiger partial charge in [-0.15, -0.1) is 0 Å². The van der Waals surface area contributed by atoms with E-state index in [4.69, 9.17) is 14.2 Å².